The van der Waals surface area contributed by atoms with Crippen molar-refractivity contribution in [1.82, 2.24) is 10.3 Å². The second-order valence-corrected chi connectivity index (χ2v) is 3.74. The molecule has 15 heavy (non-hydrogen) atoms. The average molecular weight is 207 g/mol. The van der Waals surface area contributed by atoms with Gasteiger partial charge in [0.25, 0.3) is 0 Å². The summed E-state index contributed by atoms with van der Waals surface area (Å²) in [5, 5.41) is 3.18. The number of aromatic nitrogens is 1. The van der Waals surface area contributed by atoms with Crippen molar-refractivity contribution in [2.45, 2.75) is 26.3 Å². The molecule has 0 aliphatic rings. The summed E-state index contributed by atoms with van der Waals surface area (Å²) in [4.78, 5) is 15.6. The topological polar surface area (TPSA) is 68.0 Å². The highest BCUT2D eigenvalue weighted by atomic mass is 16.1. The maximum Gasteiger partial charge on any atom is 0.167 e. The number of carbonyl (C=O) groups excluding carboxylic acids is 1. The molecule has 3 N–H and O–H groups in total. The lowest BCUT2D eigenvalue weighted by Gasteiger charge is -2.07. The van der Waals surface area contributed by atoms with Gasteiger partial charge in [-0.25, -0.2) is 0 Å². The molecule has 1 rings (SSSR count). The van der Waals surface area contributed by atoms with E-state index in [2.05, 4.69) is 10.3 Å². The molecule has 0 amide bonds. The van der Waals surface area contributed by atoms with Gasteiger partial charge in [0.05, 0.1) is 5.56 Å². The van der Waals surface area contributed by atoms with Gasteiger partial charge in [0.1, 0.15) is 0 Å². The minimum Gasteiger partial charge on any atom is -0.398 e. The molecule has 0 aromatic carbocycles. The van der Waals surface area contributed by atoms with Crippen molar-refractivity contribution in [2.24, 2.45) is 0 Å². The molecule has 4 heteroatoms. The molecule has 0 radical (unpaired) electrons. The Kier molecular flexibility index (Phi) is 4.24. The molecule has 1 aromatic rings. The summed E-state index contributed by atoms with van der Waals surface area (Å²) in [5.74, 6) is 0.0359. The number of nitrogens with one attached hydrogen (secondary N) is 1. The Balaban J connectivity index is 2.51. The van der Waals surface area contributed by atoms with Crippen molar-refractivity contribution >= 4 is 11.5 Å². The second kappa shape index (κ2) is 5.46. The maximum absolute atomic E-state index is 11.7. The molecule has 82 valence electrons. The molecule has 0 bridgehead atoms. The third-order valence-electron chi connectivity index (χ3n) is 2.06. The predicted molar refractivity (Wildman–Crippen MR) is 60.7 cm³/mol. The number of nitrogens with two attached hydrogens (primary N) is 1. The number of carbonyl (C=O) groups is 1. The first kappa shape index (κ1) is 11.7. The molecule has 0 fully saturated rings. The van der Waals surface area contributed by atoms with Crippen molar-refractivity contribution in [1.29, 1.82) is 0 Å². The number of nitrogens with zero attached hydrogens (tertiary/aromatic N) is 1. The highest BCUT2D eigenvalue weighted by Gasteiger charge is 2.09. The number of nitrogen functional groups attached to an aromatic ring is 1. The van der Waals surface area contributed by atoms with Crippen LogP contribution < -0.4 is 11.1 Å². The molecule has 4 nitrogen and oxygen atoms in total. The van der Waals surface area contributed by atoms with E-state index in [9.17, 15) is 4.79 Å². The number of hydrogen-bond acceptors (Lipinski definition) is 4. The number of ketones is 1. The normalized spacial score (nSPS) is 10.6. The van der Waals surface area contributed by atoms with Gasteiger partial charge in [-0.05, 0) is 6.07 Å². The van der Waals surface area contributed by atoms with E-state index in [1.807, 2.05) is 13.8 Å². The van der Waals surface area contributed by atoms with Crippen LogP contribution in [-0.2, 0) is 0 Å². The molecule has 0 aliphatic heterocycles. The van der Waals surface area contributed by atoms with Crippen LogP contribution >= 0.6 is 0 Å². The first-order valence-electron chi connectivity index (χ1n) is 5.07. The molecule has 1 heterocycles. The summed E-state index contributed by atoms with van der Waals surface area (Å²) >= 11 is 0. The van der Waals surface area contributed by atoms with Crippen LogP contribution in [0.5, 0.6) is 0 Å². The van der Waals surface area contributed by atoms with Gasteiger partial charge in [-0.15, -0.1) is 0 Å². The van der Waals surface area contributed by atoms with E-state index in [1.54, 1.807) is 12.3 Å². The highest BCUT2D eigenvalue weighted by molar-refractivity contribution is 6.00. The number of hydrogen-bond donors (Lipinski definition) is 2. The van der Waals surface area contributed by atoms with Crippen molar-refractivity contribution in [3.63, 3.8) is 0 Å². The van der Waals surface area contributed by atoms with E-state index >= 15 is 0 Å². The number of Topliss-reactive ketones (excluding diaryl/α,β-unsaturated/α-hetero) is 1. The zero-order chi connectivity index (χ0) is 11.3. The molecular formula is C11H17N3O. The third-order valence-corrected chi connectivity index (χ3v) is 2.06. The molecular weight excluding hydrogens is 190 g/mol. The quantitative estimate of drug-likeness (QED) is 0.713. The van der Waals surface area contributed by atoms with Crippen LogP contribution in [-0.4, -0.2) is 23.4 Å². The molecule has 0 spiro atoms. The van der Waals surface area contributed by atoms with E-state index in [-0.39, 0.29) is 5.78 Å². The lowest BCUT2D eigenvalue weighted by molar-refractivity contribution is 0.0982. The zero-order valence-electron chi connectivity index (χ0n) is 9.16. The van der Waals surface area contributed by atoms with Crippen LogP contribution in [0, 0.1) is 0 Å². The summed E-state index contributed by atoms with van der Waals surface area (Å²) in [6.07, 6.45) is 3.56. The molecule has 0 saturated heterocycles. The number of pyridine rings is 1. The van der Waals surface area contributed by atoms with Crippen molar-refractivity contribution < 1.29 is 4.79 Å². The van der Waals surface area contributed by atoms with Crippen LogP contribution in [0.2, 0.25) is 0 Å². The third kappa shape index (κ3) is 3.67. The summed E-state index contributed by atoms with van der Waals surface area (Å²) < 4.78 is 0. The van der Waals surface area contributed by atoms with E-state index in [0.717, 1.165) is 0 Å². The number of anilines is 1. The Labute approximate surface area is 89.9 Å². The van der Waals surface area contributed by atoms with Gasteiger partial charge >= 0.3 is 0 Å². The fraction of sp³-hybridized carbons (Fsp3) is 0.455. The van der Waals surface area contributed by atoms with Gasteiger partial charge < -0.3 is 11.1 Å². The van der Waals surface area contributed by atoms with Crippen LogP contribution in [0.3, 0.4) is 0 Å². The summed E-state index contributed by atoms with van der Waals surface area (Å²) in [5.41, 5.74) is 6.69. The monoisotopic (exact) mass is 207 g/mol. The van der Waals surface area contributed by atoms with Crippen molar-refractivity contribution in [3.05, 3.63) is 24.0 Å². The standard InChI is InChI=1S/C11H17N3O/c1-8(2)14-6-4-11(15)9-7-13-5-3-10(9)12/h3,5,7-8,14H,4,6H2,1-2H3,(H2,12,13). The first-order valence-corrected chi connectivity index (χ1v) is 5.07. The highest BCUT2D eigenvalue weighted by Crippen LogP contribution is 2.10. The Morgan fingerprint density at radius 2 is 2.33 bits per heavy atom. The van der Waals surface area contributed by atoms with Gasteiger partial charge in [0, 0.05) is 37.1 Å². The van der Waals surface area contributed by atoms with E-state index in [1.165, 1.54) is 6.20 Å². The molecule has 0 atom stereocenters. The zero-order valence-corrected chi connectivity index (χ0v) is 9.16. The fourth-order valence-electron chi connectivity index (χ4n) is 1.25. The minimum absolute atomic E-state index is 0.0359. The van der Waals surface area contributed by atoms with Gasteiger partial charge in [0.2, 0.25) is 0 Å². The molecule has 0 aliphatic carbocycles. The van der Waals surface area contributed by atoms with Crippen LogP contribution in [0.15, 0.2) is 18.5 Å². The van der Waals surface area contributed by atoms with Gasteiger partial charge in [0.15, 0.2) is 5.78 Å². The maximum atomic E-state index is 11.7. The summed E-state index contributed by atoms with van der Waals surface area (Å²) in [7, 11) is 0. The lowest BCUT2D eigenvalue weighted by Crippen LogP contribution is -2.25. The first-order chi connectivity index (χ1) is 7.11. The average Bonchev–Trinajstić information content (AvgIpc) is 2.17. The van der Waals surface area contributed by atoms with E-state index in [0.29, 0.717) is 30.3 Å². The van der Waals surface area contributed by atoms with Gasteiger partial charge in [-0.3, -0.25) is 9.78 Å². The summed E-state index contributed by atoms with van der Waals surface area (Å²) in [6, 6.07) is 2.03. The SMILES string of the molecule is CC(C)NCCC(=O)c1cnccc1N. The second-order valence-electron chi connectivity index (χ2n) is 3.74. The minimum atomic E-state index is 0.0359. The largest absolute Gasteiger partial charge is 0.398 e. The van der Waals surface area contributed by atoms with Crippen LogP contribution in [0.1, 0.15) is 30.6 Å². The number of rotatable bonds is 5. The van der Waals surface area contributed by atoms with E-state index in [4.69, 9.17) is 5.73 Å². The molecule has 1 aromatic heterocycles. The molecule has 0 saturated carbocycles. The van der Waals surface area contributed by atoms with Gasteiger partial charge in [-0.1, -0.05) is 13.8 Å². The van der Waals surface area contributed by atoms with Crippen LogP contribution in [0.25, 0.3) is 0 Å². The van der Waals surface area contributed by atoms with Crippen molar-refractivity contribution in [2.75, 3.05) is 12.3 Å². The Hall–Kier alpha value is -1.42. The Morgan fingerprint density at radius 3 is 2.93 bits per heavy atom. The predicted octanol–water partition coefficient (Wildman–Crippen LogP) is 1.23. The van der Waals surface area contributed by atoms with Crippen LogP contribution in [0.4, 0.5) is 5.69 Å². The summed E-state index contributed by atoms with van der Waals surface area (Å²) in [6.45, 7) is 4.76. The van der Waals surface area contributed by atoms with E-state index < -0.39 is 0 Å². The van der Waals surface area contributed by atoms with Crippen molar-refractivity contribution in [3.8, 4) is 0 Å². The lowest BCUT2D eigenvalue weighted by atomic mass is 10.1. The Morgan fingerprint density at radius 1 is 1.60 bits per heavy atom. The smallest absolute Gasteiger partial charge is 0.167 e. The fourth-order valence-corrected chi connectivity index (χ4v) is 1.25. The Bertz CT molecular complexity index is 336. The van der Waals surface area contributed by atoms with Gasteiger partial charge in [-0.2, -0.15) is 0 Å². The molecule has 0 unspecified atom stereocenters.